The van der Waals surface area contributed by atoms with Gasteiger partial charge < -0.3 is 5.32 Å². The Hall–Kier alpha value is -1.60. The molecule has 0 saturated heterocycles. The van der Waals surface area contributed by atoms with Crippen LogP contribution in [0.1, 0.15) is 30.2 Å². The summed E-state index contributed by atoms with van der Waals surface area (Å²) >= 11 is 2.96. The molecule has 5 nitrogen and oxygen atoms in total. The number of amides is 1. The van der Waals surface area contributed by atoms with Crippen molar-refractivity contribution in [2.45, 2.75) is 44.3 Å². The molecule has 3 rings (SSSR count). The molecular formula is C17H21N3O2S2. The largest absolute Gasteiger partial charge is 0.352 e. The SMILES string of the molecule is C=CCNC(=O)CSc1nc2sc3c(c2c(=O)n1CC)CCCC3. The van der Waals surface area contributed by atoms with E-state index in [1.54, 1.807) is 22.0 Å². The highest BCUT2D eigenvalue weighted by Gasteiger charge is 2.22. The molecule has 0 atom stereocenters. The number of rotatable bonds is 6. The van der Waals surface area contributed by atoms with E-state index in [9.17, 15) is 9.59 Å². The van der Waals surface area contributed by atoms with Crippen molar-refractivity contribution in [3.8, 4) is 0 Å². The number of nitrogens with zero attached hydrogens (tertiary/aromatic N) is 2. The van der Waals surface area contributed by atoms with Gasteiger partial charge in [0.1, 0.15) is 4.83 Å². The topological polar surface area (TPSA) is 64.0 Å². The monoisotopic (exact) mass is 363 g/mol. The fourth-order valence-corrected chi connectivity index (χ4v) is 5.17. The Morgan fingerprint density at radius 2 is 2.25 bits per heavy atom. The van der Waals surface area contributed by atoms with Gasteiger partial charge in [0, 0.05) is 18.0 Å². The molecule has 1 amide bonds. The number of aromatic nitrogens is 2. The first kappa shape index (κ1) is 17.2. The van der Waals surface area contributed by atoms with E-state index >= 15 is 0 Å². The normalized spacial score (nSPS) is 13.7. The van der Waals surface area contributed by atoms with Gasteiger partial charge in [0.25, 0.3) is 5.56 Å². The molecule has 1 N–H and O–H groups in total. The second-order valence-electron chi connectivity index (χ2n) is 5.72. The molecule has 1 aliphatic carbocycles. The van der Waals surface area contributed by atoms with Crippen LogP contribution in [-0.4, -0.2) is 27.8 Å². The maximum Gasteiger partial charge on any atom is 0.263 e. The van der Waals surface area contributed by atoms with E-state index < -0.39 is 0 Å². The van der Waals surface area contributed by atoms with Crippen molar-refractivity contribution < 1.29 is 4.79 Å². The first-order valence-electron chi connectivity index (χ1n) is 8.21. The average molecular weight is 364 g/mol. The number of aryl methyl sites for hydroxylation is 2. The number of hydrogen-bond acceptors (Lipinski definition) is 5. The Morgan fingerprint density at radius 1 is 1.46 bits per heavy atom. The van der Waals surface area contributed by atoms with Crippen molar-refractivity contribution in [1.29, 1.82) is 0 Å². The molecule has 0 aromatic carbocycles. The van der Waals surface area contributed by atoms with Gasteiger partial charge in [-0.3, -0.25) is 14.2 Å². The first-order chi connectivity index (χ1) is 11.7. The fourth-order valence-electron chi connectivity index (χ4n) is 2.98. The number of nitrogens with one attached hydrogen (secondary N) is 1. The van der Waals surface area contributed by atoms with Crippen molar-refractivity contribution >= 4 is 39.2 Å². The molecule has 2 aromatic heterocycles. The van der Waals surface area contributed by atoms with Crippen molar-refractivity contribution in [2.24, 2.45) is 0 Å². The predicted octanol–water partition coefficient (Wildman–Crippen LogP) is 2.75. The lowest BCUT2D eigenvalue weighted by Crippen LogP contribution is -2.27. The minimum atomic E-state index is -0.0811. The zero-order valence-corrected chi connectivity index (χ0v) is 15.4. The van der Waals surface area contributed by atoms with Crippen LogP contribution in [0.25, 0.3) is 10.2 Å². The van der Waals surface area contributed by atoms with E-state index in [2.05, 4.69) is 11.9 Å². The van der Waals surface area contributed by atoms with E-state index in [-0.39, 0.29) is 17.2 Å². The van der Waals surface area contributed by atoms with Crippen LogP contribution in [0.3, 0.4) is 0 Å². The molecule has 7 heteroatoms. The highest BCUT2D eigenvalue weighted by atomic mass is 32.2. The van der Waals surface area contributed by atoms with Gasteiger partial charge in [-0.2, -0.15) is 0 Å². The number of hydrogen-bond donors (Lipinski definition) is 1. The van der Waals surface area contributed by atoms with Gasteiger partial charge in [0.2, 0.25) is 5.91 Å². The third-order valence-electron chi connectivity index (χ3n) is 4.13. The number of thiophene rings is 1. The summed E-state index contributed by atoms with van der Waals surface area (Å²) in [4.78, 5) is 31.6. The van der Waals surface area contributed by atoms with E-state index in [0.29, 0.717) is 18.2 Å². The molecule has 2 aromatic rings. The standard InChI is InChI=1S/C17H21N3O2S2/c1-3-9-18-13(21)10-23-17-19-15-14(16(22)20(17)4-2)11-7-5-6-8-12(11)24-15/h3H,1,4-10H2,2H3,(H,18,21). The first-order valence-corrected chi connectivity index (χ1v) is 10.0. The molecule has 0 unspecified atom stereocenters. The summed E-state index contributed by atoms with van der Waals surface area (Å²) in [6.07, 6.45) is 6.00. The Morgan fingerprint density at radius 3 is 3.00 bits per heavy atom. The molecule has 0 radical (unpaired) electrons. The second kappa shape index (κ2) is 7.53. The van der Waals surface area contributed by atoms with Crippen LogP contribution in [0.5, 0.6) is 0 Å². The zero-order valence-electron chi connectivity index (χ0n) is 13.8. The smallest absolute Gasteiger partial charge is 0.263 e. The lowest BCUT2D eigenvalue weighted by atomic mass is 9.97. The summed E-state index contributed by atoms with van der Waals surface area (Å²) in [5.74, 6) is 0.166. The number of fused-ring (bicyclic) bond motifs is 3. The van der Waals surface area contributed by atoms with Crippen LogP contribution in [0.15, 0.2) is 22.6 Å². The maximum absolute atomic E-state index is 12.9. The van der Waals surface area contributed by atoms with Gasteiger partial charge >= 0.3 is 0 Å². The number of thioether (sulfide) groups is 1. The Kier molecular flexibility index (Phi) is 5.40. The van der Waals surface area contributed by atoms with Gasteiger partial charge in [-0.15, -0.1) is 17.9 Å². The third-order valence-corrected chi connectivity index (χ3v) is 6.29. The van der Waals surface area contributed by atoms with Crippen molar-refractivity contribution in [3.63, 3.8) is 0 Å². The molecule has 2 heterocycles. The van der Waals surface area contributed by atoms with Gasteiger partial charge in [-0.1, -0.05) is 17.8 Å². The van der Waals surface area contributed by atoms with Crippen LogP contribution in [0.2, 0.25) is 0 Å². The predicted molar refractivity (Wildman–Crippen MR) is 100 cm³/mol. The number of carbonyl (C=O) groups excluding carboxylic acids is 1. The van der Waals surface area contributed by atoms with Crippen LogP contribution < -0.4 is 10.9 Å². The lowest BCUT2D eigenvalue weighted by molar-refractivity contribution is -0.118. The molecule has 0 fully saturated rings. The lowest BCUT2D eigenvalue weighted by Gasteiger charge is -2.12. The Labute approximate surface area is 149 Å². The summed E-state index contributed by atoms with van der Waals surface area (Å²) in [7, 11) is 0. The molecule has 0 bridgehead atoms. The highest BCUT2D eigenvalue weighted by molar-refractivity contribution is 7.99. The Balaban J connectivity index is 1.95. The molecule has 0 spiro atoms. The van der Waals surface area contributed by atoms with E-state index in [0.717, 1.165) is 29.5 Å². The average Bonchev–Trinajstić information content (AvgIpc) is 2.96. The summed E-state index contributed by atoms with van der Waals surface area (Å²) in [6.45, 7) is 6.52. The second-order valence-corrected chi connectivity index (χ2v) is 7.74. The van der Waals surface area contributed by atoms with Crippen molar-refractivity contribution in [2.75, 3.05) is 12.3 Å². The summed E-state index contributed by atoms with van der Waals surface area (Å²) < 4.78 is 1.69. The van der Waals surface area contributed by atoms with Crippen molar-refractivity contribution in [3.05, 3.63) is 33.4 Å². The van der Waals surface area contributed by atoms with E-state index in [1.807, 2.05) is 6.92 Å². The van der Waals surface area contributed by atoms with Crippen molar-refractivity contribution in [1.82, 2.24) is 14.9 Å². The molecule has 128 valence electrons. The molecule has 24 heavy (non-hydrogen) atoms. The van der Waals surface area contributed by atoms with Gasteiger partial charge in [-0.25, -0.2) is 4.98 Å². The molecule has 1 aliphatic rings. The highest BCUT2D eigenvalue weighted by Crippen LogP contribution is 2.34. The summed E-state index contributed by atoms with van der Waals surface area (Å²) in [5, 5.41) is 4.17. The van der Waals surface area contributed by atoms with E-state index in [4.69, 9.17) is 4.98 Å². The third kappa shape index (κ3) is 3.28. The summed E-state index contributed by atoms with van der Waals surface area (Å²) in [6, 6.07) is 0. The maximum atomic E-state index is 12.9. The minimum absolute atomic E-state index is 0.0379. The van der Waals surface area contributed by atoms with Crippen LogP contribution in [0, 0.1) is 0 Å². The van der Waals surface area contributed by atoms with Gasteiger partial charge in [0.05, 0.1) is 11.1 Å². The van der Waals surface area contributed by atoms with Gasteiger partial charge in [-0.05, 0) is 38.2 Å². The zero-order chi connectivity index (χ0) is 17.1. The Bertz CT molecular complexity index is 838. The van der Waals surface area contributed by atoms with Crippen LogP contribution >= 0.6 is 23.1 Å². The van der Waals surface area contributed by atoms with Crippen LogP contribution in [-0.2, 0) is 24.2 Å². The van der Waals surface area contributed by atoms with E-state index in [1.165, 1.54) is 28.6 Å². The summed E-state index contributed by atoms with van der Waals surface area (Å²) in [5.41, 5.74) is 1.25. The van der Waals surface area contributed by atoms with Crippen LogP contribution in [0.4, 0.5) is 0 Å². The molecule has 0 saturated carbocycles. The number of carbonyl (C=O) groups is 1. The minimum Gasteiger partial charge on any atom is -0.352 e. The fraction of sp³-hybridized carbons (Fsp3) is 0.471. The quantitative estimate of drug-likeness (QED) is 0.487. The molecule has 0 aliphatic heterocycles. The molecular weight excluding hydrogens is 342 g/mol. The van der Waals surface area contributed by atoms with Gasteiger partial charge in [0.15, 0.2) is 5.16 Å².